The van der Waals surface area contributed by atoms with E-state index in [0.29, 0.717) is 30.8 Å². The summed E-state index contributed by atoms with van der Waals surface area (Å²) < 4.78 is 20.9. The third kappa shape index (κ3) is 31.5. The fraction of sp³-hybridized carbons (Fsp3) is 1.00. The van der Waals surface area contributed by atoms with Gasteiger partial charge in [-0.3, -0.25) is 0 Å². The molecule has 0 radical (unpaired) electrons. The van der Waals surface area contributed by atoms with Gasteiger partial charge in [0.15, 0.2) is 0 Å². The van der Waals surface area contributed by atoms with Gasteiger partial charge in [-0.05, 0) is 0 Å². The molecule has 166 valence electrons. The van der Waals surface area contributed by atoms with Crippen molar-refractivity contribution in [3.63, 3.8) is 0 Å². The van der Waals surface area contributed by atoms with Crippen LogP contribution in [0, 0.1) is 5.92 Å². The first kappa shape index (κ1) is 33.5. The maximum Gasteiger partial charge on any atom is -0.0556 e. The predicted octanol–water partition coefficient (Wildman–Crippen LogP) is 2.64. The molecule has 2 atom stereocenters. The van der Waals surface area contributed by atoms with Gasteiger partial charge < -0.3 is 10.2 Å². The van der Waals surface area contributed by atoms with Crippen molar-refractivity contribution in [2.24, 2.45) is 5.92 Å². The second-order valence-corrected chi connectivity index (χ2v) is 9.07. The SMILES string of the molecule is CC(C)[O][Al+][O]C(C)C.CC(C)[O][Al+][O]C(C)C.CCCC([O-])C(CC)C[O-]. The minimum Gasteiger partial charge on any atom is -0.854 e. The van der Waals surface area contributed by atoms with Gasteiger partial charge in [-0.1, -0.05) is 39.0 Å². The van der Waals surface area contributed by atoms with Gasteiger partial charge in [0, 0.05) is 0 Å². The zero-order chi connectivity index (χ0) is 22.5. The number of hydrogen-bond donors (Lipinski definition) is 0. The van der Waals surface area contributed by atoms with Crippen LogP contribution < -0.4 is 10.2 Å². The quantitative estimate of drug-likeness (QED) is 0.415. The van der Waals surface area contributed by atoms with Crippen LogP contribution in [0.4, 0.5) is 0 Å². The van der Waals surface area contributed by atoms with E-state index >= 15 is 0 Å². The van der Waals surface area contributed by atoms with Crippen molar-refractivity contribution in [1.82, 2.24) is 0 Å². The Labute approximate surface area is 188 Å². The van der Waals surface area contributed by atoms with Crippen LogP contribution in [0.15, 0.2) is 0 Å². The van der Waals surface area contributed by atoms with E-state index < -0.39 is 6.10 Å². The van der Waals surface area contributed by atoms with Crippen molar-refractivity contribution >= 4 is 31.8 Å². The molecular weight excluding hydrogens is 390 g/mol. The van der Waals surface area contributed by atoms with Crippen molar-refractivity contribution in [2.45, 2.75) is 119 Å². The van der Waals surface area contributed by atoms with Crippen molar-refractivity contribution in [3.05, 3.63) is 0 Å². The first-order chi connectivity index (χ1) is 13.0. The van der Waals surface area contributed by atoms with Gasteiger partial charge in [0.2, 0.25) is 0 Å². The largest absolute Gasteiger partial charge is 0.854 e. The van der Waals surface area contributed by atoms with E-state index in [0.717, 1.165) is 12.8 Å². The molecule has 0 bridgehead atoms. The van der Waals surface area contributed by atoms with Crippen LogP contribution in [0.1, 0.15) is 88.5 Å². The van der Waals surface area contributed by atoms with Gasteiger partial charge in [-0.2, -0.15) is 0 Å². The summed E-state index contributed by atoms with van der Waals surface area (Å²) in [6, 6.07) is 0. The van der Waals surface area contributed by atoms with E-state index in [4.69, 9.17) is 15.2 Å². The smallest absolute Gasteiger partial charge is 0.0556 e. The molecular formula is C20H44Al2O6. The molecule has 0 spiro atoms. The molecule has 0 rings (SSSR count). The van der Waals surface area contributed by atoms with E-state index in [2.05, 4.69) is 0 Å². The third-order valence-electron chi connectivity index (χ3n) is 3.15. The van der Waals surface area contributed by atoms with Crippen LogP contribution in [0.2, 0.25) is 0 Å². The topological polar surface area (TPSA) is 83.0 Å². The average molecular weight is 435 g/mol. The molecule has 0 N–H and O–H groups in total. The van der Waals surface area contributed by atoms with E-state index in [9.17, 15) is 10.2 Å². The molecule has 0 aromatic rings. The fourth-order valence-corrected chi connectivity index (χ4v) is 2.53. The molecule has 6 nitrogen and oxygen atoms in total. The van der Waals surface area contributed by atoms with E-state index in [1.165, 1.54) is 0 Å². The van der Waals surface area contributed by atoms with Crippen LogP contribution in [-0.4, -0.2) is 68.9 Å². The zero-order valence-corrected chi connectivity index (χ0v) is 22.2. The molecule has 0 saturated heterocycles. The van der Waals surface area contributed by atoms with Crippen molar-refractivity contribution < 1.29 is 25.4 Å². The minimum absolute atomic E-state index is 0.139. The van der Waals surface area contributed by atoms with E-state index in [-0.39, 0.29) is 44.3 Å². The number of rotatable bonds is 13. The summed E-state index contributed by atoms with van der Waals surface area (Å²) in [5.74, 6) is -0.139. The monoisotopic (exact) mass is 434 g/mol. The molecule has 0 aromatic carbocycles. The molecule has 2 unspecified atom stereocenters. The van der Waals surface area contributed by atoms with Crippen LogP contribution >= 0.6 is 0 Å². The summed E-state index contributed by atoms with van der Waals surface area (Å²) in [5, 5.41) is 21.5. The fourth-order valence-electron chi connectivity index (χ4n) is 1.52. The average Bonchev–Trinajstić information content (AvgIpc) is 2.56. The third-order valence-corrected chi connectivity index (χ3v) is 5.77. The Kier molecular flexibility index (Phi) is 28.8. The molecule has 0 aliphatic heterocycles. The molecule has 0 aliphatic rings. The maximum atomic E-state index is 11.1. The van der Waals surface area contributed by atoms with E-state index in [1.54, 1.807) is 0 Å². The summed E-state index contributed by atoms with van der Waals surface area (Å²) in [5.41, 5.74) is 0. The predicted molar refractivity (Wildman–Crippen MR) is 114 cm³/mol. The van der Waals surface area contributed by atoms with Crippen molar-refractivity contribution in [1.29, 1.82) is 0 Å². The summed E-state index contributed by atoms with van der Waals surface area (Å²) in [4.78, 5) is 0. The Bertz CT molecular complexity index is 254. The van der Waals surface area contributed by atoms with Crippen molar-refractivity contribution in [2.75, 3.05) is 6.61 Å². The number of hydrogen-bond acceptors (Lipinski definition) is 6. The van der Waals surface area contributed by atoms with Crippen LogP contribution in [0.5, 0.6) is 0 Å². The van der Waals surface area contributed by atoms with Gasteiger partial charge in [0.1, 0.15) is 0 Å². The Morgan fingerprint density at radius 1 is 0.679 bits per heavy atom. The first-order valence-electron chi connectivity index (χ1n) is 10.5. The molecule has 8 heteroatoms. The summed E-state index contributed by atoms with van der Waals surface area (Å²) in [6.45, 7) is 19.8. The van der Waals surface area contributed by atoms with Gasteiger partial charge in [0.25, 0.3) is 0 Å². The maximum absolute atomic E-state index is 11.1. The molecule has 0 heterocycles. The molecule has 0 amide bonds. The second kappa shape index (κ2) is 24.1. The molecule has 0 saturated carbocycles. The van der Waals surface area contributed by atoms with Gasteiger partial charge in [-0.15, -0.1) is 12.7 Å². The van der Waals surface area contributed by atoms with Crippen LogP contribution in [0.25, 0.3) is 0 Å². The standard InChI is InChI=1S/C8H16O2.4C3H7O.2Al/c1-3-5-8(10)7(4-2)6-9;4*1-3(2)4;;/h7-8H,3-6H2,1-2H3;4*3H,1-2H3;;/q-2;4*-1;2*+3. The first-order valence-corrected chi connectivity index (χ1v) is 12.4. The second-order valence-electron chi connectivity index (χ2n) is 7.59. The zero-order valence-electron chi connectivity index (χ0n) is 19.9. The molecule has 0 fully saturated rings. The summed E-state index contributed by atoms with van der Waals surface area (Å²) >= 11 is -0.491. The normalized spacial score (nSPS) is 12.7. The minimum atomic E-state index is -0.618. The van der Waals surface area contributed by atoms with E-state index in [1.807, 2.05) is 69.2 Å². The molecule has 0 aromatic heterocycles. The van der Waals surface area contributed by atoms with Gasteiger partial charge >= 0.3 is 127 Å². The Morgan fingerprint density at radius 3 is 1.18 bits per heavy atom. The Morgan fingerprint density at radius 2 is 1.00 bits per heavy atom. The Hall–Kier alpha value is 0.825. The van der Waals surface area contributed by atoms with Crippen LogP contribution in [-0.2, 0) is 15.2 Å². The summed E-state index contributed by atoms with van der Waals surface area (Å²) in [7, 11) is 0. The van der Waals surface area contributed by atoms with Gasteiger partial charge in [-0.25, -0.2) is 0 Å². The van der Waals surface area contributed by atoms with Gasteiger partial charge in [0.05, 0.1) is 0 Å². The molecule has 28 heavy (non-hydrogen) atoms. The molecule has 0 aliphatic carbocycles. The Balaban J connectivity index is -0.000000336. The van der Waals surface area contributed by atoms with Crippen LogP contribution in [0.3, 0.4) is 0 Å². The van der Waals surface area contributed by atoms with Crippen molar-refractivity contribution in [3.8, 4) is 0 Å². The summed E-state index contributed by atoms with van der Waals surface area (Å²) in [6.07, 6.45) is 2.88.